The Morgan fingerprint density at radius 3 is 2.86 bits per heavy atom. The summed E-state index contributed by atoms with van der Waals surface area (Å²) < 4.78 is 0. The number of hydrogen-bond acceptors (Lipinski definition) is 5. The molecule has 1 amide bonds. The first-order valence-electron chi connectivity index (χ1n) is 5.76. The molecule has 0 saturated heterocycles. The maximum absolute atomic E-state index is 11.8. The molecule has 1 aromatic carbocycles. The van der Waals surface area contributed by atoms with Crippen molar-refractivity contribution in [3.05, 3.63) is 69.0 Å². The fourth-order valence-electron chi connectivity index (χ4n) is 1.47. The van der Waals surface area contributed by atoms with Crippen LogP contribution >= 0.6 is 11.6 Å². The second-order valence-electron chi connectivity index (χ2n) is 3.88. The van der Waals surface area contributed by atoms with Crippen molar-refractivity contribution < 1.29 is 9.72 Å². The van der Waals surface area contributed by atoms with Crippen LogP contribution in [-0.4, -0.2) is 22.0 Å². The quantitative estimate of drug-likeness (QED) is 0.533. The molecule has 2 aromatic rings. The van der Waals surface area contributed by atoms with Gasteiger partial charge in [0.05, 0.1) is 16.8 Å². The number of carbonyl (C=O) groups excluding carboxylic acids is 1. The summed E-state index contributed by atoms with van der Waals surface area (Å²) in [5, 5.41) is 14.4. The number of nitrogens with one attached hydrogen (secondary N) is 1. The number of rotatable bonds is 4. The average molecular weight is 305 g/mol. The Morgan fingerprint density at radius 2 is 2.19 bits per heavy atom. The maximum Gasteiger partial charge on any atom is 0.288 e. The average Bonchev–Trinajstić information content (AvgIpc) is 2.48. The van der Waals surface area contributed by atoms with E-state index in [4.69, 9.17) is 11.6 Å². The number of nitro groups is 1. The van der Waals surface area contributed by atoms with Crippen LogP contribution in [0.1, 0.15) is 16.1 Å². The van der Waals surface area contributed by atoms with Crippen molar-refractivity contribution in [1.29, 1.82) is 0 Å². The Balaban J connectivity index is 2.09. The van der Waals surface area contributed by atoms with Gasteiger partial charge in [0.25, 0.3) is 11.6 Å². The van der Waals surface area contributed by atoms with Gasteiger partial charge in [-0.15, -0.1) is 0 Å². The van der Waals surface area contributed by atoms with Crippen LogP contribution in [0.3, 0.4) is 0 Å². The highest BCUT2D eigenvalue weighted by Crippen LogP contribution is 2.24. The first-order chi connectivity index (χ1) is 10.1. The Morgan fingerprint density at radius 1 is 1.38 bits per heavy atom. The van der Waals surface area contributed by atoms with Gasteiger partial charge in [0, 0.05) is 17.8 Å². The molecule has 0 radical (unpaired) electrons. The first-order valence-corrected chi connectivity index (χ1v) is 6.14. The van der Waals surface area contributed by atoms with Crippen molar-refractivity contribution in [1.82, 2.24) is 10.4 Å². The Labute approximate surface area is 124 Å². The van der Waals surface area contributed by atoms with Gasteiger partial charge in [0.15, 0.2) is 0 Å². The molecule has 0 fully saturated rings. The van der Waals surface area contributed by atoms with E-state index in [0.717, 1.165) is 6.07 Å². The van der Waals surface area contributed by atoms with Crippen molar-refractivity contribution in [3.8, 4) is 0 Å². The molecule has 0 unspecified atom stereocenters. The van der Waals surface area contributed by atoms with E-state index in [1.807, 2.05) is 0 Å². The normalized spacial score (nSPS) is 10.5. The Kier molecular flexibility index (Phi) is 4.57. The molecule has 0 atom stereocenters. The van der Waals surface area contributed by atoms with E-state index in [2.05, 4.69) is 15.5 Å². The topological polar surface area (TPSA) is 97.5 Å². The highest BCUT2D eigenvalue weighted by atomic mass is 35.5. The number of hydrazone groups is 1. The molecule has 106 valence electrons. The third-order valence-electron chi connectivity index (χ3n) is 2.46. The molecule has 0 bridgehead atoms. The van der Waals surface area contributed by atoms with Crippen LogP contribution in [0.5, 0.6) is 0 Å². The van der Waals surface area contributed by atoms with Crippen LogP contribution in [0, 0.1) is 10.1 Å². The minimum atomic E-state index is -0.656. The summed E-state index contributed by atoms with van der Waals surface area (Å²) in [6, 6.07) is 9.00. The molecule has 0 aliphatic rings. The van der Waals surface area contributed by atoms with Crippen LogP contribution in [0.4, 0.5) is 5.69 Å². The summed E-state index contributed by atoms with van der Waals surface area (Å²) in [6.07, 6.45) is 2.95. The van der Waals surface area contributed by atoms with Gasteiger partial charge in [-0.2, -0.15) is 5.10 Å². The van der Waals surface area contributed by atoms with Crippen LogP contribution in [0.2, 0.25) is 5.02 Å². The van der Waals surface area contributed by atoms with E-state index >= 15 is 0 Å². The summed E-state index contributed by atoms with van der Waals surface area (Å²) in [4.78, 5) is 25.9. The predicted molar refractivity (Wildman–Crippen MR) is 77.4 cm³/mol. The summed E-state index contributed by atoms with van der Waals surface area (Å²) in [6.45, 7) is 0. The number of aromatic nitrogens is 1. The zero-order valence-corrected chi connectivity index (χ0v) is 11.3. The standard InChI is InChI=1S/C13H9ClN4O3/c14-11-5-4-9(7-12(11)18(20)21)13(19)17-16-8-10-3-1-2-6-15-10/h1-8H,(H,17,19)/b16-8-. The number of amides is 1. The lowest BCUT2D eigenvalue weighted by Gasteiger charge is -2.01. The minimum Gasteiger partial charge on any atom is -0.267 e. The molecule has 1 N–H and O–H groups in total. The molecule has 7 nitrogen and oxygen atoms in total. The van der Waals surface area contributed by atoms with Gasteiger partial charge in [0.2, 0.25) is 0 Å². The number of pyridine rings is 1. The number of hydrogen-bond donors (Lipinski definition) is 1. The monoisotopic (exact) mass is 304 g/mol. The number of halogens is 1. The molecule has 2 rings (SSSR count). The van der Waals surface area contributed by atoms with Crippen molar-refractivity contribution in [2.24, 2.45) is 5.10 Å². The fourth-order valence-corrected chi connectivity index (χ4v) is 1.65. The van der Waals surface area contributed by atoms with Crippen LogP contribution in [-0.2, 0) is 0 Å². The van der Waals surface area contributed by atoms with E-state index in [0.29, 0.717) is 5.69 Å². The Bertz CT molecular complexity index is 704. The predicted octanol–water partition coefficient (Wildman–Crippen LogP) is 2.41. The first kappa shape index (κ1) is 14.6. The van der Waals surface area contributed by atoms with E-state index in [-0.39, 0.29) is 16.3 Å². The van der Waals surface area contributed by atoms with Gasteiger partial charge < -0.3 is 0 Å². The fraction of sp³-hybridized carbons (Fsp3) is 0. The summed E-state index contributed by atoms with van der Waals surface area (Å²) >= 11 is 5.67. The van der Waals surface area contributed by atoms with Crippen molar-refractivity contribution in [2.45, 2.75) is 0 Å². The third kappa shape index (κ3) is 3.83. The third-order valence-corrected chi connectivity index (χ3v) is 2.78. The number of nitro benzene ring substituents is 1. The van der Waals surface area contributed by atoms with Gasteiger partial charge >= 0.3 is 0 Å². The van der Waals surface area contributed by atoms with Crippen LogP contribution < -0.4 is 5.43 Å². The van der Waals surface area contributed by atoms with Crippen LogP contribution in [0.25, 0.3) is 0 Å². The number of benzene rings is 1. The number of nitrogens with zero attached hydrogens (tertiary/aromatic N) is 3. The van der Waals surface area contributed by atoms with E-state index < -0.39 is 10.8 Å². The SMILES string of the molecule is O=C(N/N=C\c1ccccn1)c1ccc(Cl)c([N+](=O)[O-])c1. The Hall–Kier alpha value is -2.80. The molecule has 1 heterocycles. The highest BCUT2D eigenvalue weighted by Gasteiger charge is 2.15. The van der Waals surface area contributed by atoms with E-state index in [1.165, 1.54) is 18.3 Å². The van der Waals surface area contributed by atoms with Gasteiger partial charge in [0.1, 0.15) is 5.02 Å². The zero-order valence-electron chi connectivity index (χ0n) is 10.6. The lowest BCUT2D eigenvalue weighted by Crippen LogP contribution is -2.17. The highest BCUT2D eigenvalue weighted by molar-refractivity contribution is 6.32. The molecule has 0 aliphatic carbocycles. The summed E-state index contributed by atoms with van der Waals surface area (Å²) in [5.74, 6) is -0.582. The smallest absolute Gasteiger partial charge is 0.267 e. The summed E-state index contributed by atoms with van der Waals surface area (Å²) in [7, 11) is 0. The number of carbonyl (C=O) groups is 1. The van der Waals surface area contributed by atoms with Crippen molar-refractivity contribution >= 4 is 29.4 Å². The van der Waals surface area contributed by atoms with Gasteiger partial charge in [-0.1, -0.05) is 17.7 Å². The molecular formula is C13H9ClN4O3. The zero-order chi connectivity index (χ0) is 15.2. The van der Waals surface area contributed by atoms with E-state index in [9.17, 15) is 14.9 Å². The van der Waals surface area contributed by atoms with Crippen molar-refractivity contribution in [2.75, 3.05) is 0 Å². The van der Waals surface area contributed by atoms with Crippen molar-refractivity contribution in [3.63, 3.8) is 0 Å². The van der Waals surface area contributed by atoms with Crippen LogP contribution in [0.15, 0.2) is 47.7 Å². The second-order valence-corrected chi connectivity index (χ2v) is 4.28. The van der Waals surface area contributed by atoms with Gasteiger partial charge in [-0.25, -0.2) is 5.43 Å². The lowest BCUT2D eigenvalue weighted by molar-refractivity contribution is -0.384. The molecule has 0 saturated carbocycles. The molecule has 0 aliphatic heterocycles. The minimum absolute atomic E-state index is 0.0338. The largest absolute Gasteiger partial charge is 0.288 e. The summed E-state index contributed by atoms with van der Waals surface area (Å²) in [5.41, 5.74) is 2.58. The molecule has 21 heavy (non-hydrogen) atoms. The van der Waals surface area contributed by atoms with Gasteiger partial charge in [-0.3, -0.25) is 19.9 Å². The molecule has 1 aromatic heterocycles. The molecule has 0 spiro atoms. The maximum atomic E-state index is 11.8. The molecular weight excluding hydrogens is 296 g/mol. The second kappa shape index (κ2) is 6.58. The van der Waals surface area contributed by atoms with E-state index in [1.54, 1.807) is 24.4 Å². The lowest BCUT2D eigenvalue weighted by atomic mass is 10.2. The molecule has 8 heteroatoms. The van der Waals surface area contributed by atoms with Gasteiger partial charge in [-0.05, 0) is 24.3 Å².